The molecule has 4 rings (SSSR count). The van der Waals surface area contributed by atoms with E-state index in [4.69, 9.17) is 5.21 Å². The van der Waals surface area contributed by atoms with Crippen LogP contribution in [0.2, 0.25) is 0 Å². The minimum absolute atomic E-state index is 0.259. The molecule has 0 aliphatic carbocycles. The molecule has 0 spiro atoms. The Bertz CT molecular complexity index is 1080. The highest BCUT2D eigenvalue weighted by atomic mass is 32.2. The third-order valence-corrected chi connectivity index (χ3v) is 8.50. The highest BCUT2D eigenvalue weighted by Crippen LogP contribution is 2.50. The number of hydroxylamine groups is 1. The molecule has 0 radical (unpaired) electrons. The summed E-state index contributed by atoms with van der Waals surface area (Å²) in [6.45, 7) is 0. The van der Waals surface area contributed by atoms with Crippen LogP contribution in [0, 0.1) is 0 Å². The summed E-state index contributed by atoms with van der Waals surface area (Å²) in [7, 11) is 0. The highest BCUT2D eigenvalue weighted by Gasteiger charge is 2.38. The molecule has 4 N–H and O–H groups in total. The van der Waals surface area contributed by atoms with Gasteiger partial charge in [0.05, 0.1) is 4.75 Å². The van der Waals surface area contributed by atoms with Crippen molar-refractivity contribution in [1.82, 2.24) is 5.48 Å². The van der Waals surface area contributed by atoms with Crippen LogP contribution in [-0.2, 0) is 9.54 Å². The van der Waals surface area contributed by atoms with Gasteiger partial charge in [-0.3, -0.25) is 10.0 Å². The zero-order valence-corrected chi connectivity index (χ0v) is 19.1. The molecule has 3 aromatic rings. The molecule has 1 aliphatic rings. The molecule has 1 aromatic heterocycles. The largest absolute Gasteiger partial charge is 0.323 e. The maximum absolute atomic E-state index is 12.3. The Kier molecular flexibility index (Phi) is 7.14. The van der Waals surface area contributed by atoms with Crippen molar-refractivity contribution in [2.24, 2.45) is 0 Å². The minimum Gasteiger partial charge on any atom is -0.308 e. The molecule has 1 atom stereocenters. The molecule has 1 fully saturated rings. The Balaban J connectivity index is 1.51. The Morgan fingerprint density at radius 3 is 2.47 bits per heavy atom. The number of amides is 3. The van der Waals surface area contributed by atoms with Gasteiger partial charge in [-0.1, -0.05) is 36.8 Å². The zero-order chi connectivity index (χ0) is 22.4. The van der Waals surface area contributed by atoms with E-state index >= 15 is 0 Å². The van der Waals surface area contributed by atoms with E-state index in [0.29, 0.717) is 5.69 Å². The van der Waals surface area contributed by atoms with Crippen LogP contribution in [0.15, 0.2) is 66.7 Å². The van der Waals surface area contributed by atoms with Gasteiger partial charge in [0.25, 0.3) is 0 Å². The Labute approximate surface area is 195 Å². The predicted octanol–water partition coefficient (Wildman–Crippen LogP) is 6.07. The molecule has 2 heterocycles. The highest BCUT2D eigenvalue weighted by molar-refractivity contribution is 8.00. The van der Waals surface area contributed by atoms with Gasteiger partial charge in [-0.25, -0.2) is 10.3 Å². The predicted molar refractivity (Wildman–Crippen MR) is 131 cm³/mol. The SMILES string of the molecule is O=C(C[C@]1(c2ccc(-c3cccc(NC(=O)Nc4ccccc4)c3)s2)CCCCS1)NO. The monoisotopic (exact) mass is 467 g/mol. The molecular formula is C24H25N3O3S2. The van der Waals surface area contributed by atoms with Gasteiger partial charge in [0.2, 0.25) is 5.91 Å². The summed E-state index contributed by atoms with van der Waals surface area (Å²) in [6.07, 6.45) is 3.38. The van der Waals surface area contributed by atoms with Gasteiger partial charge in [-0.05, 0) is 60.6 Å². The second-order valence-electron chi connectivity index (χ2n) is 7.70. The van der Waals surface area contributed by atoms with Gasteiger partial charge < -0.3 is 10.6 Å². The van der Waals surface area contributed by atoms with Crippen molar-refractivity contribution >= 4 is 46.4 Å². The van der Waals surface area contributed by atoms with Crippen LogP contribution in [0.1, 0.15) is 30.6 Å². The second kappa shape index (κ2) is 10.2. The number of rotatable bonds is 6. The van der Waals surface area contributed by atoms with E-state index in [2.05, 4.69) is 22.8 Å². The number of hydrogen-bond acceptors (Lipinski definition) is 5. The number of anilines is 2. The number of carbonyl (C=O) groups excluding carboxylic acids is 2. The number of hydrogen-bond donors (Lipinski definition) is 4. The summed E-state index contributed by atoms with van der Waals surface area (Å²) in [5.74, 6) is 0.645. The number of benzene rings is 2. The Morgan fingerprint density at radius 1 is 0.938 bits per heavy atom. The topological polar surface area (TPSA) is 90.5 Å². The molecule has 0 saturated carbocycles. The van der Waals surface area contributed by atoms with E-state index in [1.807, 2.05) is 54.6 Å². The van der Waals surface area contributed by atoms with E-state index < -0.39 is 0 Å². The molecule has 1 saturated heterocycles. The van der Waals surface area contributed by atoms with Gasteiger partial charge in [0.1, 0.15) is 0 Å². The second-order valence-corrected chi connectivity index (χ2v) is 10.3. The van der Waals surface area contributed by atoms with Gasteiger partial charge in [0, 0.05) is 27.5 Å². The molecule has 8 heteroatoms. The van der Waals surface area contributed by atoms with Crippen molar-refractivity contribution in [3.05, 3.63) is 71.6 Å². The Hall–Kier alpha value is -2.81. The van der Waals surface area contributed by atoms with Gasteiger partial charge in [-0.2, -0.15) is 0 Å². The third-order valence-electron chi connectivity index (χ3n) is 5.42. The summed E-state index contributed by atoms with van der Waals surface area (Å²) in [6, 6.07) is 20.9. The molecule has 2 aromatic carbocycles. The lowest BCUT2D eigenvalue weighted by atomic mass is 9.94. The summed E-state index contributed by atoms with van der Waals surface area (Å²) >= 11 is 3.46. The number of carbonyl (C=O) groups is 2. The number of nitrogens with one attached hydrogen (secondary N) is 3. The van der Waals surface area contributed by atoms with E-state index in [-0.39, 0.29) is 23.1 Å². The zero-order valence-electron chi connectivity index (χ0n) is 17.5. The maximum atomic E-state index is 12.3. The van der Waals surface area contributed by atoms with Crippen LogP contribution in [0.3, 0.4) is 0 Å². The lowest BCUT2D eigenvalue weighted by Crippen LogP contribution is -2.32. The molecule has 1 aliphatic heterocycles. The van der Waals surface area contributed by atoms with Crippen molar-refractivity contribution in [2.45, 2.75) is 30.4 Å². The molecule has 166 valence electrons. The van der Waals surface area contributed by atoms with Crippen LogP contribution in [0.25, 0.3) is 10.4 Å². The molecule has 3 amide bonds. The number of urea groups is 1. The maximum Gasteiger partial charge on any atom is 0.323 e. The fourth-order valence-electron chi connectivity index (χ4n) is 3.88. The van der Waals surface area contributed by atoms with Crippen molar-refractivity contribution in [1.29, 1.82) is 0 Å². The summed E-state index contributed by atoms with van der Waals surface area (Å²) in [5.41, 5.74) is 4.22. The van der Waals surface area contributed by atoms with Crippen LogP contribution in [0.5, 0.6) is 0 Å². The third kappa shape index (κ3) is 5.32. The standard InChI is InChI=1S/C24H25N3O3S2/c28-22(27-30)16-24(13-4-5-14-31-24)21-12-11-20(32-21)17-7-6-10-19(15-17)26-23(29)25-18-8-2-1-3-9-18/h1-3,6-12,15,30H,4-5,13-14,16H2,(H,27,28)(H2,25,26,29)/t24-/m0/s1. The van der Waals surface area contributed by atoms with Crippen LogP contribution < -0.4 is 16.1 Å². The van der Waals surface area contributed by atoms with Crippen LogP contribution in [0.4, 0.5) is 16.2 Å². The average Bonchev–Trinajstić information content (AvgIpc) is 3.32. The fraction of sp³-hybridized carbons (Fsp3) is 0.250. The van der Waals surface area contributed by atoms with Gasteiger partial charge in [-0.15, -0.1) is 23.1 Å². The van der Waals surface area contributed by atoms with E-state index in [0.717, 1.165) is 46.0 Å². The van der Waals surface area contributed by atoms with Gasteiger partial charge >= 0.3 is 6.03 Å². The van der Waals surface area contributed by atoms with E-state index in [1.54, 1.807) is 28.6 Å². The first-order valence-electron chi connectivity index (χ1n) is 10.5. The molecule has 0 bridgehead atoms. The first-order valence-corrected chi connectivity index (χ1v) is 12.3. The number of para-hydroxylation sites is 1. The van der Waals surface area contributed by atoms with E-state index in [9.17, 15) is 9.59 Å². The van der Waals surface area contributed by atoms with Crippen molar-refractivity contribution in [3.8, 4) is 10.4 Å². The molecule has 0 unspecified atom stereocenters. The van der Waals surface area contributed by atoms with E-state index in [1.165, 1.54) is 0 Å². The van der Waals surface area contributed by atoms with Crippen molar-refractivity contribution < 1.29 is 14.8 Å². The van der Waals surface area contributed by atoms with Gasteiger partial charge in [0.15, 0.2) is 0 Å². The fourth-order valence-corrected chi connectivity index (χ4v) is 6.76. The Morgan fingerprint density at radius 2 is 1.72 bits per heavy atom. The van der Waals surface area contributed by atoms with Crippen LogP contribution in [-0.4, -0.2) is 22.9 Å². The quantitative estimate of drug-likeness (QED) is 0.262. The number of thiophene rings is 1. The first-order chi connectivity index (χ1) is 15.6. The summed E-state index contributed by atoms with van der Waals surface area (Å²) in [5, 5.41) is 14.8. The average molecular weight is 468 g/mol. The smallest absolute Gasteiger partial charge is 0.308 e. The molecular weight excluding hydrogens is 442 g/mol. The lowest BCUT2D eigenvalue weighted by Gasteiger charge is -2.35. The first kappa shape index (κ1) is 22.4. The van der Waals surface area contributed by atoms with Crippen LogP contribution >= 0.6 is 23.1 Å². The summed E-state index contributed by atoms with van der Waals surface area (Å²) in [4.78, 5) is 26.5. The number of thioether (sulfide) groups is 1. The molecule has 6 nitrogen and oxygen atoms in total. The minimum atomic E-state index is -0.357. The van der Waals surface area contributed by atoms with Crippen molar-refractivity contribution in [2.75, 3.05) is 16.4 Å². The summed E-state index contributed by atoms with van der Waals surface area (Å²) < 4.78 is -0.306. The lowest BCUT2D eigenvalue weighted by molar-refractivity contribution is -0.129. The van der Waals surface area contributed by atoms with Crippen molar-refractivity contribution in [3.63, 3.8) is 0 Å². The molecule has 32 heavy (non-hydrogen) atoms. The normalized spacial score (nSPS) is 18.0.